The maximum absolute atomic E-state index is 13.1. The Balaban J connectivity index is 1.73. The SMILES string of the molecule is CCn1cc([C@H](CC(=O)NCc2ccccc2)c2cc(OC)cc(OC)c2)c2ccccc21. The fraction of sp³-hybridized carbons (Fsp3) is 0.250. The number of ether oxygens (including phenoxy) is 2. The molecule has 0 saturated carbocycles. The van der Waals surface area contributed by atoms with Crippen LogP contribution in [0.25, 0.3) is 10.9 Å². The number of carbonyl (C=O) groups is 1. The van der Waals surface area contributed by atoms with Crippen molar-refractivity contribution in [1.82, 2.24) is 9.88 Å². The molecular weight excluding hydrogens is 412 g/mol. The van der Waals surface area contributed by atoms with Crippen LogP contribution in [0.5, 0.6) is 11.5 Å². The number of benzene rings is 3. The minimum Gasteiger partial charge on any atom is -0.497 e. The molecule has 4 rings (SSSR count). The molecule has 0 saturated heterocycles. The van der Waals surface area contributed by atoms with Crippen molar-refractivity contribution >= 4 is 16.8 Å². The van der Waals surface area contributed by atoms with Gasteiger partial charge in [0, 0.05) is 48.6 Å². The van der Waals surface area contributed by atoms with Gasteiger partial charge in [-0.1, -0.05) is 48.5 Å². The number of aryl methyl sites for hydroxylation is 1. The summed E-state index contributed by atoms with van der Waals surface area (Å²) in [6.07, 6.45) is 2.49. The van der Waals surface area contributed by atoms with E-state index in [-0.39, 0.29) is 11.8 Å². The molecule has 33 heavy (non-hydrogen) atoms. The van der Waals surface area contributed by atoms with E-state index in [9.17, 15) is 4.79 Å². The number of carbonyl (C=O) groups excluding carboxylic acids is 1. The summed E-state index contributed by atoms with van der Waals surface area (Å²) in [6, 6.07) is 24.2. The first kappa shape index (κ1) is 22.5. The van der Waals surface area contributed by atoms with Gasteiger partial charge < -0.3 is 19.4 Å². The van der Waals surface area contributed by atoms with Crippen LogP contribution in [0.3, 0.4) is 0 Å². The van der Waals surface area contributed by atoms with Gasteiger partial charge in [-0.25, -0.2) is 0 Å². The van der Waals surface area contributed by atoms with Crippen LogP contribution in [0.2, 0.25) is 0 Å². The summed E-state index contributed by atoms with van der Waals surface area (Å²) < 4.78 is 13.3. The second-order valence-corrected chi connectivity index (χ2v) is 8.05. The molecule has 1 aromatic heterocycles. The number of para-hydroxylation sites is 1. The highest BCUT2D eigenvalue weighted by Crippen LogP contribution is 2.37. The summed E-state index contributed by atoms with van der Waals surface area (Å²) in [5.41, 5.74) is 4.35. The highest BCUT2D eigenvalue weighted by atomic mass is 16.5. The summed E-state index contributed by atoms with van der Waals surface area (Å²) in [6.45, 7) is 3.49. The van der Waals surface area contributed by atoms with Crippen molar-refractivity contribution in [1.29, 1.82) is 0 Å². The molecular formula is C28H30N2O3. The van der Waals surface area contributed by atoms with Crippen LogP contribution >= 0.6 is 0 Å². The molecule has 0 aliphatic rings. The van der Waals surface area contributed by atoms with E-state index in [0.29, 0.717) is 24.5 Å². The smallest absolute Gasteiger partial charge is 0.221 e. The minimum atomic E-state index is -0.150. The minimum absolute atomic E-state index is 0.000954. The Morgan fingerprint density at radius 2 is 1.61 bits per heavy atom. The molecule has 5 nitrogen and oxygen atoms in total. The first-order valence-electron chi connectivity index (χ1n) is 11.2. The first-order chi connectivity index (χ1) is 16.1. The number of rotatable bonds is 9. The molecule has 170 valence electrons. The maximum atomic E-state index is 13.1. The van der Waals surface area contributed by atoms with Crippen LogP contribution in [-0.2, 0) is 17.9 Å². The van der Waals surface area contributed by atoms with Gasteiger partial charge >= 0.3 is 0 Å². The van der Waals surface area contributed by atoms with E-state index in [0.717, 1.165) is 28.6 Å². The van der Waals surface area contributed by atoms with Gasteiger partial charge in [0.15, 0.2) is 0 Å². The molecule has 0 bridgehead atoms. The van der Waals surface area contributed by atoms with Gasteiger partial charge in [-0.3, -0.25) is 4.79 Å². The van der Waals surface area contributed by atoms with Crippen molar-refractivity contribution in [2.24, 2.45) is 0 Å². The molecule has 1 amide bonds. The predicted molar refractivity (Wildman–Crippen MR) is 132 cm³/mol. The Morgan fingerprint density at radius 1 is 0.939 bits per heavy atom. The standard InChI is InChI=1S/C28H30N2O3/c1-4-30-19-26(24-12-8-9-13-27(24)30)25(21-14-22(32-2)16-23(15-21)33-3)17-28(31)29-18-20-10-6-5-7-11-20/h5-16,19,25H,4,17-18H2,1-3H3,(H,29,31)/t25-/m1/s1. The lowest BCUT2D eigenvalue weighted by molar-refractivity contribution is -0.121. The monoisotopic (exact) mass is 442 g/mol. The van der Waals surface area contributed by atoms with E-state index >= 15 is 0 Å². The van der Waals surface area contributed by atoms with E-state index in [1.165, 1.54) is 5.52 Å². The molecule has 5 heteroatoms. The van der Waals surface area contributed by atoms with Gasteiger partial charge in [0.1, 0.15) is 11.5 Å². The number of nitrogens with one attached hydrogen (secondary N) is 1. The number of hydrogen-bond donors (Lipinski definition) is 1. The molecule has 1 heterocycles. The topological polar surface area (TPSA) is 52.5 Å². The molecule has 1 N–H and O–H groups in total. The molecule has 0 spiro atoms. The largest absolute Gasteiger partial charge is 0.497 e. The third-order valence-corrected chi connectivity index (χ3v) is 6.03. The maximum Gasteiger partial charge on any atom is 0.221 e. The Morgan fingerprint density at radius 3 is 2.27 bits per heavy atom. The summed E-state index contributed by atoms with van der Waals surface area (Å²) in [5.74, 6) is 1.26. The molecule has 0 aliphatic heterocycles. The lowest BCUT2D eigenvalue weighted by Gasteiger charge is -2.19. The van der Waals surface area contributed by atoms with Crippen molar-refractivity contribution < 1.29 is 14.3 Å². The van der Waals surface area contributed by atoms with Crippen molar-refractivity contribution in [3.63, 3.8) is 0 Å². The Kier molecular flexibility index (Phi) is 6.98. The molecule has 0 fully saturated rings. The van der Waals surface area contributed by atoms with E-state index < -0.39 is 0 Å². The Hall–Kier alpha value is -3.73. The van der Waals surface area contributed by atoms with Crippen molar-refractivity contribution in [2.45, 2.75) is 32.4 Å². The van der Waals surface area contributed by atoms with Crippen molar-refractivity contribution in [2.75, 3.05) is 14.2 Å². The van der Waals surface area contributed by atoms with E-state index in [2.05, 4.69) is 41.2 Å². The Bertz CT molecular complexity index is 1210. The molecule has 4 aromatic rings. The number of fused-ring (bicyclic) bond motifs is 1. The summed E-state index contributed by atoms with van der Waals surface area (Å²) in [4.78, 5) is 13.1. The summed E-state index contributed by atoms with van der Waals surface area (Å²) in [5, 5.41) is 4.24. The summed E-state index contributed by atoms with van der Waals surface area (Å²) in [7, 11) is 3.28. The van der Waals surface area contributed by atoms with Gasteiger partial charge in [0.25, 0.3) is 0 Å². The van der Waals surface area contributed by atoms with E-state index in [4.69, 9.17) is 9.47 Å². The van der Waals surface area contributed by atoms with Crippen LogP contribution < -0.4 is 14.8 Å². The Labute approximate surface area is 195 Å². The first-order valence-corrected chi connectivity index (χ1v) is 11.2. The lowest BCUT2D eigenvalue weighted by atomic mass is 9.87. The highest BCUT2D eigenvalue weighted by Gasteiger charge is 2.24. The predicted octanol–water partition coefficient (Wildman–Crippen LogP) is 5.52. The number of amides is 1. The number of nitrogens with zero attached hydrogens (tertiary/aromatic N) is 1. The zero-order valence-corrected chi connectivity index (χ0v) is 19.4. The van der Waals surface area contributed by atoms with Crippen LogP contribution in [0.15, 0.2) is 79.0 Å². The zero-order valence-electron chi connectivity index (χ0n) is 19.4. The summed E-state index contributed by atoms with van der Waals surface area (Å²) >= 11 is 0. The van der Waals surface area contributed by atoms with E-state index in [1.807, 2.05) is 54.6 Å². The van der Waals surface area contributed by atoms with Crippen LogP contribution in [0.1, 0.15) is 36.0 Å². The molecule has 0 aliphatic carbocycles. The zero-order chi connectivity index (χ0) is 23.2. The molecule has 3 aromatic carbocycles. The van der Waals surface area contributed by atoms with E-state index in [1.54, 1.807) is 14.2 Å². The van der Waals surface area contributed by atoms with Gasteiger partial charge in [0.2, 0.25) is 5.91 Å². The normalized spacial score (nSPS) is 11.8. The van der Waals surface area contributed by atoms with Gasteiger partial charge in [0.05, 0.1) is 14.2 Å². The van der Waals surface area contributed by atoms with Crippen molar-refractivity contribution in [3.05, 3.63) is 95.7 Å². The average Bonchev–Trinajstić information content (AvgIpc) is 3.25. The van der Waals surface area contributed by atoms with Gasteiger partial charge in [-0.15, -0.1) is 0 Å². The fourth-order valence-corrected chi connectivity index (χ4v) is 4.31. The highest BCUT2D eigenvalue weighted by molar-refractivity contribution is 5.86. The third-order valence-electron chi connectivity index (χ3n) is 6.03. The fourth-order valence-electron chi connectivity index (χ4n) is 4.31. The third kappa shape index (κ3) is 5.03. The lowest BCUT2D eigenvalue weighted by Crippen LogP contribution is -2.25. The van der Waals surface area contributed by atoms with Gasteiger partial charge in [-0.05, 0) is 41.8 Å². The second kappa shape index (κ2) is 10.3. The number of aromatic nitrogens is 1. The molecule has 0 radical (unpaired) electrons. The van der Waals surface area contributed by atoms with Gasteiger partial charge in [-0.2, -0.15) is 0 Å². The average molecular weight is 443 g/mol. The van der Waals surface area contributed by atoms with Crippen LogP contribution in [0.4, 0.5) is 0 Å². The van der Waals surface area contributed by atoms with Crippen LogP contribution in [-0.4, -0.2) is 24.7 Å². The van der Waals surface area contributed by atoms with Crippen LogP contribution in [0, 0.1) is 0 Å². The molecule has 0 unspecified atom stereocenters. The molecule has 1 atom stereocenters. The number of methoxy groups -OCH3 is 2. The van der Waals surface area contributed by atoms with Crippen molar-refractivity contribution in [3.8, 4) is 11.5 Å². The quantitative estimate of drug-likeness (QED) is 0.371. The second-order valence-electron chi connectivity index (χ2n) is 8.05. The number of hydrogen-bond acceptors (Lipinski definition) is 3.